The van der Waals surface area contributed by atoms with Gasteiger partial charge in [-0.1, -0.05) is 36.0 Å². The second-order valence-corrected chi connectivity index (χ2v) is 6.10. The van der Waals surface area contributed by atoms with E-state index in [0.717, 1.165) is 25.7 Å². The number of benzene rings is 1. The zero-order valence-electron chi connectivity index (χ0n) is 11.9. The third kappa shape index (κ3) is 4.35. The van der Waals surface area contributed by atoms with E-state index in [1.807, 2.05) is 0 Å². The molecule has 2 rings (SSSR count). The second-order valence-electron chi connectivity index (χ2n) is 5.26. The predicted octanol–water partition coefficient (Wildman–Crippen LogP) is 3.72. The Kier molecular flexibility index (Phi) is 5.48. The van der Waals surface area contributed by atoms with E-state index in [9.17, 15) is 9.59 Å². The number of anilines is 1. The number of carbonyl (C=O) groups excluding carboxylic acids is 2. The molecule has 0 atom stereocenters. The smallest absolute Gasteiger partial charge is 0.244 e. The Hall–Kier alpha value is -1.26. The summed E-state index contributed by atoms with van der Waals surface area (Å²) in [5.41, 5.74) is 0.462. The molecule has 4 nitrogen and oxygen atoms in total. The predicted molar refractivity (Wildman–Crippen MR) is 84.7 cm³/mol. The number of nitrogens with one attached hydrogen (secondary N) is 1. The molecule has 0 radical (unpaired) electrons. The lowest BCUT2D eigenvalue weighted by molar-refractivity contribution is -0.135. The van der Waals surface area contributed by atoms with Crippen molar-refractivity contribution in [1.29, 1.82) is 0 Å². The molecule has 1 aliphatic carbocycles. The lowest BCUT2D eigenvalue weighted by atomic mass is 10.2. The maximum Gasteiger partial charge on any atom is 0.244 e. The third-order valence-corrected chi connectivity index (χ3v) is 4.25. The summed E-state index contributed by atoms with van der Waals surface area (Å²) in [6.07, 6.45) is 4.14. The Balaban J connectivity index is 2.02. The maximum atomic E-state index is 12.1. The third-order valence-electron chi connectivity index (χ3n) is 3.69. The first-order chi connectivity index (χ1) is 9.97. The SMILES string of the molecule is CC(=O)N(CC(=O)Nc1cc(Cl)ccc1Cl)C1CCCC1. The molecule has 1 N–H and O–H groups in total. The van der Waals surface area contributed by atoms with Crippen molar-refractivity contribution in [2.75, 3.05) is 11.9 Å². The molecule has 1 aromatic carbocycles. The number of rotatable bonds is 4. The number of halogens is 2. The highest BCUT2D eigenvalue weighted by molar-refractivity contribution is 6.35. The van der Waals surface area contributed by atoms with Crippen LogP contribution in [-0.4, -0.2) is 29.3 Å². The molecule has 2 amide bonds. The van der Waals surface area contributed by atoms with Crippen molar-refractivity contribution in [3.8, 4) is 0 Å². The molecule has 0 aliphatic heterocycles. The minimum Gasteiger partial charge on any atom is -0.331 e. The number of hydrogen-bond donors (Lipinski definition) is 1. The van der Waals surface area contributed by atoms with Crippen molar-refractivity contribution in [1.82, 2.24) is 4.90 Å². The van der Waals surface area contributed by atoms with Crippen molar-refractivity contribution in [2.24, 2.45) is 0 Å². The van der Waals surface area contributed by atoms with Gasteiger partial charge in [-0.3, -0.25) is 9.59 Å². The van der Waals surface area contributed by atoms with Crippen LogP contribution in [0.2, 0.25) is 10.0 Å². The number of carbonyl (C=O) groups is 2. The van der Waals surface area contributed by atoms with Gasteiger partial charge in [0.2, 0.25) is 11.8 Å². The fourth-order valence-electron chi connectivity index (χ4n) is 2.65. The molecule has 1 aromatic rings. The van der Waals surface area contributed by atoms with Crippen LogP contribution in [-0.2, 0) is 9.59 Å². The van der Waals surface area contributed by atoms with Gasteiger partial charge in [-0.05, 0) is 31.0 Å². The van der Waals surface area contributed by atoms with Crippen LogP contribution in [0.4, 0.5) is 5.69 Å². The molecule has 6 heteroatoms. The molecule has 0 spiro atoms. The summed E-state index contributed by atoms with van der Waals surface area (Å²) in [5.74, 6) is -0.337. The standard InChI is InChI=1S/C15H18Cl2N2O2/c1-10(20)19(12-4-2-3-5-12)9-15(21)18-14-8-11(16)6-7-13(14)17/h6-8,12H,2-5,9H2,1H3,(H,18,21). The normalized spacial score (nSPS) is 15.0. The molecule has 21 heavy (non-hydrogen) atoms. The summed E-state index contributed by atoms with van der Waals surface area (Å²) in [5, 5.41) is 3.62. The molecule has 1 aliphatic rings. The molecule has 0 bridgehead atoms. The van der Waals surface area contributed by atoms with Gasteiger partial charge in [-0.15, -0.1) is 0 Å². The Morgan fingerprint density at radius 2 is 1.95 bits per heavy atom. The summed E-state index contributed by atoms with van der Waals surface area (Å²) in [6, 6.07) is 5.04. The van der Waals surface area contributed by atoms with Gasteiger partial charge in [-0.2, -0.15) is 0 Å². The van der Waals surface area contributed by atoms with E-state index < -0.39 is 0 Å². The van der Waals surface area contributed by atoms with E-state index >= 15 is 0 Å². The molecular weight excluding hydrogens is 311 g/mol. The van der Waals surface area contributed by atoms with Gasteiger partial charge in [0.05, 0.1) is 10.7 Å². The first-order valence-corrected chi connectivity index (χ1v) is 7.75. The van der Waals surface area contributed by atoms with E-state index in [2.05, 4.69) is 5.32 Å². The first kappa shape index (κ1) is 16.1. The Morgan fingerprint density at radius 1 is 1.29 bits per heavy atom. The lowest BCUT2D eigenvalue weighted by Crippen LogP contribution is -2.42. The van der Waals surface area contributed by atoms with E-state index in [1.165, 1.54) is 6.92 Å². The molecule has 1 fully saturated rings. The largest absolute Gasteiger partial charge is 0.331 e. The van der Waals surface area contributed by atoms with Gasteiger partial charge in [0.15, 0.2) is 0 Å². The molecular formula is C15H18Cl2N2O2. The Bertz CT molecular complexity index is 542. The quantitative estimate of drug-likeness (QED) is 0.915. The number of amides is 2. The highest BCUT2D eigenvalue weighted by Crippen LogP contribution is 2.26. The average Bonchev–Trinajstić information content (AvgIpc) is 2.93. The van der Waals surface area contributed by atoms with E-state index in [1.54, 1.807) is 23.1 Å². The van der Waals surface area contributed by atoms with Crippen LogP contribution < -0.4 is 5.32 Å². The van der Waals surface area contributed by atoms with Crippen molar-refractivity contribution in [3.05, 3.63) is 28.2 Å². The fourth-order valence-corrected chi connectivity index (χ4v) is 2.99. The van der Waals surface area contributed by atoms with Crippen molar-refractivity contribution >= 4 is 40.7 Å². The van der Waals surface area contributed by atoms with Crippen molar-refractivity contribution in [2.45, 2.75) is 38.6 Å². The van der Waals surface area contributed by atoms with Crippen LogP contribution in [0.15, 0.2) is 18.2 Å². The summed E-state index contributed by atoms with van der Waals surface area (Å²) in [4.78, 5) is 25.5. The number of hydrogen-bond acceptors (Lipinski definition) is 2. The van der Waals surface area contributed by atoms with Crippen molar-refractivity contribution in [3.63, 3.8) is 0 Å². The Labute approximate surface area is 134 Å². The Morgan fingerprint density at radius 3 is 2.57 bits per heavy atom. The highest BCUT2D eigenvalue weighted by Gasteiger charge is 2.26. The molecule has 1 saturated carbocycles. The van der Waals surface area contributed by atoms with Crippen LogP contribution in [0.1, 0.15) is 32.6 Å². The average molecular weight is 329 g/mol. The van der Waals surface area contributed by atoms with Gasteiger partial charge in [0.25, 0.3) is 0 Å². The number of nitrogens with zero attached hydrogens (tertiary/aromatic N) is 1. The maximum absolute atomic E-state index is 12.1. The first-order valence-electron chi connectivity index (χ1n) is 6.99. The van der Waals surface area contributed by atoms with Crippen LogP contribution >= 0.6 is 23.2 Å². The van der Waals surface area contributed by atoms with Crippen molar-refractivity contribution < 1.29 is 9.59 Å². The van der Waals surface area contributed by atoms with E-state index in [0.29, 0.717) is 15.7 Å². The minimum absolute atomic E-state index is 0.0445. The summed E-state index contributed by atoms with van der Waals surface area (Å²) in [6.45, 7) is 1.54. The van der Waals surface area contributed by atoms with Gasteiger partial charge in [0, 0.05) is 18.0 Å². The molecule has 114 valence electrons. The monoisotopic (exact) mass is 328 g/mol. The topological polar surface area (TPSA) is 49.4 Å². The van der Waals surface area contributed by atoms with Crippen LogP contribution in [0.5, 0.6) is 0 Å². The summed E-state index contributed by atoms with van der Waals surface area (Å²) >= 11 is 11.9. The highest BCUT2D eigenvalue weighted by atomic mass is 35.5. The zero-order chi connectivity index (χ0) is 15.4. The molecule has 0 saturated heterocycles. The van der Waals surface area contributed by atoms with Gasteiger partial charge in [0.1, 0.15) is 6.54 Å². The molecule has 0 aromatic heterocycles. The van der Waals surface area contributed by atoms with Crippen LogP contribution in [0.3, 0.4) is 0 Å². The second kappa shape index (κ2) is 7.14. The minimum atomic E-state index is -0.263. The van der Waals surface area contributed by atoms with E-state index in [4.69, 9.17) is 23.2 Å². The van der Waals surface area contributed by atoms with Gasteiger partial charge in [-0.25, -0.2) is 0 Å². The van der Waals surface area contributed by atoms with Crippen LogP contribution in [0, 0.1) is 0 Å². The lowest BCUT2D eigenvalue weighted by Gasteiger charge is -2.27. The van der Waals surface area contributed by atoms with Gasteiger partial charge < -0.3 is 10.2 Å². The van der Waals surface area contributed by atoms with E-state index in [-0.39, 0.29) is 24.4 Å². The molecule has 0 unspecified atom stereocenters. The summed E-state index contributed by atoms with van der Waals surface area (Å²) in [7, 11) is 0. The van der Waals surface area contributed by atoms with Crippen LogP contribution in [0.25, 0.3) is 0 Å². The fraction of sp³-hybridized carbons (Fsp3) is 0.467. The zero-order valence-corrected chi connectivity index (χ0v) is 13.4. The molecule has 0 heterocycles. The summed E-state index contributed by atoms with van der Waals surface area (Å²) < 4.78 is 0. The van der Waals surface area contributed by atoms with Gasteiger partial charge >= 0.3 is 0 Å².